The van der Waals surface area contributed by atoms with E-state index in [0.717, 1.165) is 28.1 Å². The van der Waals surface area contributed by atoms with Crippen LogP contribution in [-0.4, -0.2) is 16.2 Å². The molecule has 1 unspecified atom stereocenters. The van der Waals surface area contributed by atoms with Gasteiger partial charge in [-0.05, 0) is 35.3 Å². The zero-order chi connectivity index (χ0) is 14.3. The Kier molecular flexibility index (Phi) is 3.28. The molecule has 0 saturated carbocycles. The molecule has 0 N–H and O–H groups in total. The third kappa shape index (κ3) is 2.03. The molecule has 3 rings (SSSR count). The van der Waals surface area contributed by atoms with Crippen LogP contribution in [0.5, 0.6) is 0 Å². The fourth-order valence-corrected chi connectivity index (χ4v) is 3.88. The second-order valence-electron chi connectivity index (χ2n) is 5.90. The molecule has 1 atom stereocenters. The Morgan fingerprint density at radius 1 is 1.35 bits per heavy atom. The van der Waals surface area contributed by atoms with E-state index in [0.29, 0.717) is 0 Å². The van der Waals surface area contributed by atoms with Gasteiger partial charge >= 0.3 is 0 Å². The van der Waals surface area contributed by atoms with Crippen molar-refractivity contribution in [1.29, 1.82) is 0 Å². The van der Waals surface area contributed by atoms with Crippen molar-refractivity contribution in [2.24, 2.45) is 5.41 Å². The number of halogens is 1. The molecule has 1 aliphatic carbocycles. The molecule has 1 aromatic carbocycles. The molecular weight excluding hydrogens is 271 g/mol. The van der Waals surface area contributed by atoms with Crippen LogP contribution in [-0.2, 0) is 6.42 Å². The molecule has 0 saturated heterocycles. The predicted molar refractivity (Wildman–Crippen MR) is 79.5 cm³/mol. The van der Waals surface area contributed by atoms with E-state index in [1.54, 1.807) is 30.2 Å². The zero-order valence-corrected chi connectivity index (χ0v) is 12.7. The van der Waals surface area contributed by atoms with Crippen LogP contribution in [0, 0.1) is 11.2 Å². The van der Waals surface area contributed by atoms with Gasteiger partial charge in [0.1, 0.15) is 17.2 Å². The first kappa shape index (κ1) is 13.6. The molecule has 0 aliphatic heterocycles. The van der Waals surface area contributed by atoms with Crippen molar-refractivity contribution in [1.82, 2.24) is 9.97 Å². The number of nitrogens with zero attached hydrogens (tertiary/aromatic N) is 2. The maximum Gasteiger partial charge on any atom is 0.127 e. The van der Waals surface area contributed by atoms with Gasteiger partial charge in [-0.3, -0.25) is 0 Å². The summed E-state index contributed by atoms with van der Waals surface area (Å²) in [6.07, 6.45) is 6.27. The summed E-state index contributed by atoms with van der Waals surface area (Å²) in [6.45, 7) is 4.38. The predicted octanol–water partition coefficient (Wildman–Crippen LogP) is 4.05. The summed E-state index contributed by atoms with van der Waals surface area (Å²) in [4.78, 5) is 8.50. The first-order chi connectivity index (χ1) is 9.54. The molecule has 0 spiro atoms. The first-order valence-corrected chi connectivity index (χ1v) is 7.88. The van der Waals surface area contributed by atoms with Gasteiger partial charge in [0, 0.05) is 17.7 Å². The summed E-state index contributed by atoms with van der Waals surface area (Å²) in [6, 6.07) is 5.38. The Bertz CT molecular complexity index is 655. The third-order valence-electron chi connectivity index (χ3n) is 4.07. The van der Waals surface area contributed by atoms with Crippen LogP contribution in [0.15, 0.2) is 35.7 Å². The van der Waals surface area contributed by atoms with Gasteiger partial charge in [0.2, 0.25) is 0 Å². The van der Waals surface area contributed by atoms with Crippen LogP contribution in [0.3, 0.4) is 0 Å². The van der Waals surface area contributed by atoms with Crippen molar-refractivity contribution in [2.75, 3.05) is 6.26 Å². The Labute approximate surface area is 122 Å². The van der Waals surface area contributed by atoms with Gasteiger partial charge < -0.3 is 0 Å². The number of rotatable bonds is 2. The van der Waals surface area contributed by atoms with E-state index in [2.05, 4.69) is 23.8 Å². The van der Waals surface area contributed by atoms with Gasteiger partial charge in [-0.2, -0.15) is 0 Å². The van der Waals surface area contributed by atoms with Crippen molar-refractivity contribution in [2.45, 2.75) is 31.2 Å². The standard InChI is InChI=1S/C16H17FN2S/c1-16(2)7-10-5-4-6-12(17)13(10)14(16)11-8-18-9-19-15(11)20-3/h4-6,8-9,14H,7H2,1-3H3. The maximum atomic E-state index is 14.4. The van der Waals surface area contributed by atoms with Gasteiger partial charge in [0.05, 0.1) is 0 Å². The maximum absolute atomic E-state index is 14.4. The Balaban J connectivity index is 2.23. The molecule has 1 aliphatic rings. The Morgan fingerprint density at radius 3 is 2.90 bits per heavy atom. The highest BCUT2D eigenvalue weighted by Crippen LogP contribution is 2.52. The van der Waals surface area contributed by atoms with Crippen molar-refractivity contribution in [3.05, 3.63) is 53.2 Å². The molecule has 2 aromatic rings. The monoisotopic (exact) mass is 288 g/mol. The van der Waals surface area contributed by atoms with Crippen molar-refractivity contribution in [3.8, 4) is 0 Å². The lowest BCUT2D eigenvalue weighted by molar-refractivity contribution is 0.338. The fourth-order valence-electron chi connectivity index (χ4n) is 3.32. The summed E-state index contributed by atoms with van der Waals surface area (Å²) in [5, 5.41) is 0.939. The van der Waals surface area contributed by atoms with Crippen molar-refractivity contribution in [3.63, 3.8) is 0 Å². The molecule has 20 heavy (non-hydrogen) atoms. The summed E-state index contributed by atoms with van der Waals surface area (Å²) in [7, 11) is 0. The molecule has 2 nitrogen and oxygen atoms in total. The van der Waals surface area contributed by atoms with Gasteiger partial charge in [0.15, 0.2) is 0 Å². The highest BCUT2D eigenvalue weighted by Gasteiger charge is 2.42. The minimum Gasteiger partial charge on any atom is -0.244 e. The third-order valence-corrected chi connectivity index (χ3v) is 4.79. The Morgan fingerprint density at radius 2 is 2.15 bits per heavy atom. The minimum atomic E-state index is -0.117. The molecule has 1 heterocycles. The number of hydrogen-bond donors (Lipinski definition) is 0. The van der Waals surface area contributed by atoms with E-state index in [-0.39, 0.29) is 17.2 Å². The molecule has 0 bridgehead atoms. The quantitative estimate of drug-likeness (QED) is 0.616. The summed E-state index contributed by atoms with van der Waals surface area (Å²) in [5.74, 6) is -0.101. The summed E-state index contributed by atoms with van der Waals surface area (Å²) in [5.41, 5.74) is 2.94. The van der Waals surface area contributed by atoms with Crippen LogP contribution in [0.1, 0.15) is 36.5 Å². The summed E-state index contributed by atoms with van der Waals surface area (Å²) >= 11 is 1.59. The van der Waals surface area contributed by atoms with Gasteiger partial charge in [0.25, 0.3) is 0 Å². The lowest BCUT2D eigenvalue weighted by atomic mass is 9.76. The number of aromatic nitrogens is 2. The van der Waals surface area contributed by atoms with Gasteiger partial charge in [-0.1, -0.05) is 26.0 Å². The molecule has 104 valence electrons. The van der Waals surface area contributed by atoms with E-state index < -0.39 is 0 Å². The van der Waals surface area contributed by atoms with Gasteiger partial charge in [-0.15, -0.1) is 11.8 Å². The number of benzene rings is 1. The second-order valence-corrected chi connectivity index (χ2v) is 6.69. The average Bonchev–Trinajstić information content (AvgIpc) is 2.70. The Hall–Kier alpha value is -1.42. The number of hydrogen-bond acceptors (Lipinski definition) is 3. The fraction of sp³-hybridized carbons (Fsp3) is 0.375. The van der Waals surface area contributed by atoms with Crippen LogP contribution in [0.2, 0.25) is 0 Å². The summed E-state index contributed by atoms with van der Waals surface area (Å²) < 4.78 is 14.4. The highest BCUT2D eigenvalue weighted by atomic mass is 32.2. The van der Waals surface area contributed by atoms with Crippen LogP contribution in [0.4, 0.5) is 4.39 Å². The lowest BCUT2D eigenvalue weighted by Gasteiger charge is -2.28. The van der Waals surface area contributed by atoms with Gasteiger partial charge in [-0.25, -0.2) is 14.4 Å². The highest BCUT2D eigenvalue weighted by molar-refractivity contribution is 7.98. The number of fused-ring (bicyclic) bond motifs is 1. The molecule has 0 amide bonds. The minimum absolute atomic E-state index is 0.0161. The van der Waals surface area contributed by atoms with Crippen LogP contribution in [0.25, 0.3) is 0 Å². The lowest BCUT2D eigenvalue weighted by Crippen LogP contribution is -2.20. The first-order valence-electron chi connectivity index (χ1n) is 6.66. The molecule has 4 heteroatoms. The van der Waals surface area contributed by atoms with Crippen molar-refractivity contribution < 1.29 is 4.39 Å². The topological polar surface area (TPSA) is 25.8 Å². The molecule has 0 fully saturated rings. The smallest absolute Gasteiger partial charge is 0.127 e. The zero-order valence-electron chi connectivity index (χ0n) is 11.9. The van der Waals surface area contributed by atoms with E-state index in [4.69, 9.17) is 0 Å². The number of thioether (sulfide) groups is 1. The van der Waals surface area contributed by atoms with Crippen LogP contribution >= 0.6 is 11.8 Å². The molecular formula is C16H17FN2S. The average molecular weight is 288 g/mol. The SMILES string of the molecule is CSc1ncncc1C1c2c(F)cccc2CC1(C)C. The normalized spacial score (nSPS) is 19.9. The van der Waals surface area contributed by atoms with Crippen molar-refractivity contribution >= 4 is 11.8 Å². The second kappa shape index (κ2) is 4.85. The van der Waals surface area contributed by atoms with E-state index >= 15 is 0 Å². The molecule has 1 aromatic heterocycles. The van der Waals surface area contributed by atoms with E-state index in [9.17, 15) is 4.39 Å². The molecule has 0 radical (unpaired) electrons. The van der Waals surface area contributed by atoms with Crippen LogP contribution < -0.4 is 0 Å². The van der Waals surface area contributed by atoms with E-state index in [1.807, 2.05) is 18.5 Å². The largest absolute Gasteiger partial charge is 0.244 e. The van der Waals surface area contributed by atoms with E-state index in [1.165, 1.54) is 0 Å².